The number of nitrogens with zero attached hydrogens (tertiary/aromatic N) is 4. The zero-order valence-corrected chi connectivity index (χ0v) is 21.7. The van der Waals surface area contributed by atoms with E-state index < -0.39 is 16.1 Å². The van der Waals surface area contributed by atoms with Crippen LogP contribution in [-0.2, 0) is 14.8 Å². The Morgan fingerprint density at radius 3 is 2.76 bits per heavy atom. The van der Waals surface area contributed by atoms with Gasteiger partial charge in [-0.25, -0.2) is 13.4 Å². The van der Waals surface area contributed by atoms with Crippen molar-refractivity contribution >= 4 is 65.6 Å². The first-order chi connectivity index (χ1) is 15.7. The number of thiophene rings is 1. The number of aromatic nitrogens is 1. The van der Waals surface area contributed by atoms with Crippen molar-refractivity contribution in [1.29, 1.82) is 0 Å². The Morgan fingerprint density at radius 2 is 2.09 bits per heavy atom. The van der Waals surface area contributed by atoms with Crippen LogP contribution < -0.4 is 9.64 Å². The minimum Gasteiger partial charge on any atom is -0.494 e. The van der Waals surface area contributed by atoms with Crippen LogP contribution in [0, 0.1) is 0 Å². The lowest BCUT2D eigenvalue weighted by Gasteiger charge is -2.29. The van der Waals surface area contributed by atoms with Gasteiger partial charge in [-0.3, -0.25) is 9.69 Å². The van der Waals surface area contributed by atoms with Crippen LogP contribution in [0.5, 0.6) is 5.75 Å². The Kier molecular flexibility index (Phi) is 7.27. The molecule has 0 bridgehead atoms. The van der Waals surface area contributed by atoms with Crippen molar-refractivity contribution in [2.45, 2.75) is 23.1 Å². The highest BCUT2D eigenvalue weighted by Crippen LogP contribution is 2.39. The van der Waals surface area contributed by atoms with Gasteiger partial charge in [-0.15, -0.1) is 11.3 Å². The standard InChI is InChI=1S/C21H25ClN4O4S3/c1-24(2)11-12-25(21-23-18-16(30-3)9-8-14(22)19(18)32-21)20(27)15-6-4-10-26(15)33(28,29)17-7-5-13-31-17/h5,7-9,13,15H,4,6,10-12H2,1-3H3. The van der Waals surface area contributed by atoms with Crippen LogP contribution in [0.3, 0.4) is 0 Å². The molecule has 1 aliphatic rings. The van der Waals surface area contributed by atoms with E-state index in [-0.39, 0.29) is 10.1 Å². The van der Waals surface area contributed by atoms with Crippen LogP contribution >= 0.6 is 34.3 Å². The zero-order valence-electron chi connectivity index (χ0n) is 18.5. The lowest BCUT2D eigenvalue weighted by molar-refractivity contribution is -0.121. The summed E-state index contributed by atoms with van der Waals surface area (Å²) >= 11 is 8.86. The first-order valence-electron chi connectivity index (χ1n) is 10.4. The molecule has 1 unspecified atom stereocenters. The Hall–Kier alpha value is -1.76. The number of halogens is 1. The summed E-state index contributed by atoms with van der Waals surface area (Å²) in [5.74, 6) is 0.295. The Balaban J connectivity index is 1.72. The molecule has 0 aliphatic carbocycles. The van der Waals surface area contributed by atoms with E-state index in [0.717, 1.165) is 16.0 Å². The number of carbonyl (C=O) groups excluding carboxylic acids is 1. The zero-order chi connectivity index (χ0) is 23.8. The van der Waals surface area contributed by atoms with Gasteiger partial charge in [0.2, 0.25) is 5.91 Å². The van der Waals surface area contributed by atoms with Gasteiger partial charge in [0.1, 0.15) is 21.5 Å². The molecule has 1 aliphatic heterocycles. The maximum atomic E-state index is 13.8. The van der Waals surface area contributed by atoms with Crippen molar-refractivity contribution in [1.82, 2.24) is 14.2 Å². The van der Waals surface area contributed by atoms with Gasteiger partial charge in [-0.1, -0.05) is 29.0 Å². The normalized spacial score (nSPS) is 17.2. The number of likely N-dealkylation sites (N-methyl/N-ethyl adjacent to an activating group) is 1. The van der Waals surface area contributed by atoms with Crippen molar-refractivity contribution in [3.63, 3.8) is 0 Å². The summed E-state index contributed by atoms with van der Waals surface area (Å²) in [5, 5.41) is 2.72. The van der Waals surface area contributed by atoms with Gasteiger partial charge in [0.15, 0.2) is 5.13 Å². The molecule has 1 amide bonds. The number of anilines is 1. The summed E-state index contributed by atoms with van der Waals surface area (Å²) in [7, 11) is 1.66. The van der Waals surface area contributed by atoms with Gasteiger partial charge in [0, 0.05) is 19.6 Å². The summed E-state index contributed by atoms with van der Waals surface area (Å²) in [6, 6.07) is 5.98. The maximum Gasteiger partial charge on any atom is 0.253 e. The molecule has 1 saturated heterocycles. The van der Waals surface area contributed by atoms with Gasteiger partial charge in [-0.05, 0) is 50.5 Å². The van der Waals surface area contributed by atoms with E-state index in [4.69, 9.17) is 16.3 Å². The van der Waals surface area contributed by atoms with Crippen LogP contribution in [0.4, 0.5) is 5.13 Å². The van der Waals surface area contributed by atoms with E-state index in [9.17, 15) is 13.2 Å². The fourth-order valence-electron chi connectivity index (χ4n) is 3.80. The number of amides is 1. The quantitative estimate of drug-likeness (QED) is 0.442. The van der Waals surface area contributed by atoms with Gasteiger partial charge in [-0.2, -0.15) is 4.31 Å². The molecular weight excluding hydrogens is 504 g/mol. The SMILES string of the molecule is COc1ccc(Cl)c2sc(N(CCN(C)C)C(=O)C3CCCN3S(=O)(=O)c3cccs3)nc12. The number of fused-ring (bicyclic) bond motifs is 1. The number of sulfonamides is 1. The minimum absolute atomic E-state index is 0.249. The largest absolute Gasteiger partial charge is 0.494 e. The molecule has 12 heteroatoms. The second kappa shape index (κ2) is 9.85. The third-order valence-corrected chi connectivity index (χ3v) is 10.3. The van der Waals surface area contributed by atoms with E-state index in [1.165, 1.54) is 15.6 Å². The lowest BCUT2D eigenvalue weighted by Crippen LogP contribution is -2.49. The number of ether oxygens (including phenoxy) is 1. The molecule has 8 nitrogen and oxygen atoms in total. The highest BCUT2D eigenvalue weighted by Gasteiger charge is 2.42. The first kappa shape index (κ1) is 24.4. The monoisotopic (exact) mass is 528 g/mol. The maximum absolute atomic E-state index is 13.8. The Bertz CT molecular complexity index is 1240. The number of methoxy groups -OCH3 is 1. The third kappa shape index (κ3) is 4.75. The molecular formula is C21H25ClN4O4S3. The molecule has 1 atom stereocenters. The molecule has 0 saturated carbocycles. The second-order valence-electron chi connectivity index (χ2n) is 7.92. The predicted molar refractivity (Wildman–Crippen MR) is 133 cm³/mol. The lowest BCUT2D eigenvalue weighted by atomic mass is 10.2. The Labute approximate surface area is 206 Å². The molecule has 1 aromatic carbocycles. The van der Waals surface area contributed by atoms with E-state index >= 15 is 0 Å². The number of benzene rings is 1. The predicted octanol–water partition coefficient (Wildman–Crippen LogP) is 3.77. The van der Waals surface area contributed by atoms with E-state index in [1.54, 1.807) is 41.7 Å². The van der Waals surface area contributed by atoms with Crippen LogP contribution in [0.1, 0.15) is 12.8 Å². The van der Waals surface area contributed by atoms with Gasteiger partial charge in [0.25, 0.3) is 10.0 Å². The molecule has 2 aromatic heterocycles. The molecule has 4 rings (SSSR count). The average Bonchev–Trinajstić information content (AvgIpc) is 3.54. The van der Waals surface area contributed by atoms with Gasteiger partial charge in [0.05, 0.1) is 16.8 Å². The summed E-state index contributed by atoms with van der Waals surface area (Å²) in [6.45, 7) is 1.28. The number of thiazole rings is 1. The van der Waals surface area contributed by atoms with Gasteiger partial charge >= 0.3 is 0 Å². The molecule has 178 valence electrons. The molecule has 3 heterocycles. The highest BCUT2D eigenvalue weighted by molar-refractivity contribution is 7.91. The topological polar surface area (TPSA) is 83.0 Å². The number of hydrogen-bond donors (Lipinski definition) is 0. The molecule has 33 heavy (non-hydrogen) atoms. The fourth-order valence-corrected chi connectivity index (χ4v) is 7.86. The van der Waals surface area contributed by atoms with E-state index in [0.29, 0.717) is 53.9 Å². The van der Waals surface area contributed by atoms with Gasteiger partial charge < -0.3 is 9.64 Å². The smallest absolute Gasteiger partial charge is 0.253 e. The number of carbonyl (C=O) groups is 1. The third-order valence-electron chi connectivity index (χ3n) is 5.48. The second-order valence-corrected chi connectivity index (χ2v) is 12.4. The summed E-state index contributed by atoms with van der Waals surface area (Å²) in [5.41, 5.74) is 0.585. The van der Waals surface area contributed by atoms with E-state index in [2.05, 4.69) is 4.98 Å². The molecule has 1 fully saturated rings. The minimum atomic E-state index is -3.74. The molecule has 0 N–H and O–H groups in total. The summed E-state index contributed by atoms with van der Waals surface area (Å²) in [4.78, 5) is 22.0. The molecule has 0 spiro atoms. The van der Waals surface area contributed by atoms with Crippen LogP contribution in [0.2, 0.25) is 5.02 Å². The van der Waals surface area contributed by atoms with Crippen LogP contribution in [0.25, 0.3) is 10.2 Å². The van der Waals surface area contributed by atoms with Crippen molar-refractivity contribution < 1.29 is 17.9 Å². The summed E-state index contributed by atoms with van der Waals surface area (Å²) in [6.07, 6.45) is 1.10. The number of rotatable bonds is 8. The van der Waals surface area contributed by atoms with Crippen molar-refractivity contribution in [2.75, 3.05) is 45.7 Å². The summed E-state index contributed by atoms with van der Waals surface area (Å²) < 4.78 is 34.2. The van der Waals surface area contributed by atoms with Crippen molar-refractivity contribution in [3.05, 3.63) is 34.7 Å². The van der Waals surface area contributed by atoms with E-state index in [1.807, 2.05) is 19.0 Å². The van der Waals surface area contributed by atoms with Crippen molar-refractivity contribution in [2.24, 2.45) is 0 Å². The molecule has 3 aromatic rings. The Morgan fingerprint density at radius 1 is 1.30 bits per heavy atom. The van der Waals surface area contributed by atoms with Crippen molar-refractivity contribution in [3.8, 4) is 5.75 Å². The molecule has 0 radical (unpaired) electrons. The number of hydrogen-bond acceptors (Lipinski definition) is 8. The first-order valence-corrected chi connectivity index (χ1v) is 13.9. The average molecular weight is 529 g/mol. The van der Waals surface area contributed by atoms with Crippen LogP contribution in [-0.4, -0.2) is 75.4 Å². The van der Waals surface area contributed by atoms with Crippen LogP contribution in [0.15, 0.2) is 33.9 Å². The highest BCUT2D eigenvalue weighted by atomic mass is 35.5. The fraction of sp³-hybridized carbons (Fsp3) is 0.429.